The third kappa shape index (κ3) is 5.58. The van der Waals surface area contributed by atoms with Crippen LogP contribution < -0.4 is 9.64 Å². The lowest BCUT2D eigenvalue weighted by atomic mass is 9.89. The topological polar surface area (TPSA) is 77.8 Å². The van der Waals surface area contributed by atoms with Gasteiger partial charge in [-0.1, -0.05) is 23.2 Å². The van der Waals surface area contributed by atoms with Crippen molar-refractivity contribution in [3.05, 3.63) is 64.5 Å². The summed E-state index contributed by atoms with van der Waals surface area (Å²) in [6.07, 6.45) is 7.74. The Hall–Kier alpha value is -2.95. The van der Waals surface area contributed by atoms with Gasteiger partial charge in [0.25, 0.3) is 0 Å². The van der Waals surface area contributed by atoms with Crippen LogP contribution in [-0.2, 0) is 9.47 Å². The van der Waals surface area contributed by atoms with Crippen molar-refractivity contribution in [2.45, 2.75) is 51.0 Å². The normalized spacial score (nSPS) is 21.5. The molecule has 4 aromatic rings. The van der Waals surface area contributed by atoms with E-state index in [0.717, 1.165) is 93.2 Å². The fraction of sp³-hybridized carbons (Fsp3) is 0.469. The second kappa shape index (κ2) is 11.9. The summed E-state index contributed by atoms with van der Waals surface area (Å²) >= 11 is 12.8. The number of anilines is 1. The van der Waals surface area contributed by atoms with Crippen LogP contribution in [0.1, 0.15) is 51.0 Å². The molecule has 11 heteroatoms. The average Bonchev–Trinajstić information content (AvgIpc) is 3.39. The van der Waals surface area contributed by atoms with Crippen molar-refractivity contribution in [2.24, 2.45) is 0 Å². The van der Waals surface area contributed by atoms with Crippen molar-refractivity contribution >= 4 is 39.9 Å². The summed E-state index contributed by atoms with van der Waals surface area (Å²) in [7, 11) is 0. The van der Waals surface area contributed by atoms with Gasteiger partial charge in [0, 0.05) is 67.9 Å². The molecule has 0 amide bonds. The molecule has 0 saturated carbocycles. The summed E-state index contributed by atoms with van der Waals surface area (Å²) < 4.78 is 20.1. The van der Waals surface area contributed by atoms with Gasteiger partial charge in [0.1, 0.15) is 23.4 Å². The number of fused-ring (bicyclic) bond motifs is 1. The molecule has 0 N–H and O–H groups in total. The Balaban J connectivity index is 1.17. The molecule has 0 spiro atoms. The molecule has 7 rings (SSSR count). The second-order valence-corrected chi connectivity index (χ2v) is 12.7. The van der Waals surface area contributed by atoms with Gasteiger partial charge in [-0.25, -0.2) is 9.67 Å². The molecular formula is C32H36Cl2N6O3. The van der Waals surface area contributed by atoms with Gasteiger partial charge in [0.15, 0.2) is 6.23 Å². The van der Waals surface area contributed by atoms with Crippen LogP contribution >= 0.6 is 23.2 Å². The number of aromatic nitrogens is 4. The highest BCUT2D eigenvalue weighted by Gasteiger charge is 2.44. The maximum Gasteiger partial charge on any atom is 0.150 e. The van der Waals surface area contributed by atoms with E-state index in [1.807, 2.05) is 29.9 Å². The number of hydrogen-bond donors (Lipinski definition) is 0. The molecular weight excluding hydrogens is 587 g/mol. The summed E-state index contributed by atoms with van der Waals surface area (Å²) in [5.41, 5.74) is 3.67. The molecule has 9 nitrogen and oxygen atoms in total. The average molecular weight is 624 g/mol. The molecule has 226 valence electrons. The van der Waals surface area contributed by atoms with E-state index in [4.69, 9.17) is 47.5 Å². The third-order valence-electron chi connectivity index (χ3n) is 8.90. The quantitative estimate of drug-likeness (QED) is 0.230. The molecule has 3 fully saturated rings. The van der Waals surface area contributed by atoms with Gasteiger partial charge in [0.2, 0.25) is 0 Å². The van der Waals surface area contributed by atoms with Crippen LogP contribution in [0.4, 0.5) is 5.82 Å². The molecule has 3 aromatic heterocycles. The zero-order valence-corrected chi connectivity index (χ0v) is 26.0. The first-order valence-electron chi connectivity index (χ1n) is 15.0. The Bertz CT molecular complexity index is 1570. The number of halogens is 2. The minimum absolute atomic E-state index is 0.101. The molecule has 1 unspecified atom stereocenters. The van der Waals surface area contributed by atoms with Crippen LogP contribution in [0.3, 0.4) is 0 Å². The van der Waals surface area contributed by atoms with Crippen molar-refractivity contribution in [3.8, 4) is 17.0 Å². The Labute approximate surface area is 261 Å². The van der Waals surface area contributed by atoms with Crippen molar-refractivity contribution < 1.29 is 14.2 Å². The van der Waals surface area contributed by atoms with Crippen LogP contribution in [0.5, 0.6) is 5.75 Å². The summed E-state index contributed by atoms with van der Waals surface area (Å²) in [6, 6.07) is 10.3. The van der Waals surface area contributed by atoms with Crippen LogP contribution in [0.15, 0.2) is 48.9 Å². The Morgan fingerprint density at radius 1 is 1.00 bits per heavy atom. The molecule has 43 heavy (non-hydrogen) atoms. The number of nitrogens with zero attached hydrogens (tertiary/aromatic N) is 6. The number of hydrogen-bond acceptors (Lipinski definition) is 8. The van der Waals surface area contributed by atoms with Crippen molar-refractivity contribution in [2.75, 3.05) is 50.9 Å². The first kappa shape index (κ1) is 28.8. The van der Waals surface area contributed by atoms with E-state index in [1.54, 1.807) is 12.4 Å². The highest BCUT2D eigenvalue weighted by Crippen LogP contribution is 2.38. The monoisotopic (exact) mass is 622 g/mol. The molecule has 3 aliphatic heterocycles. The highest BCUT2D eigenvalue weighted by atomic mass is 35.5. The number of ether oxygens (including phenoxy) is 3. The smallest absolute Gasteiger partial charge is 0.150 e. The van der Waals surface area contributed by atoms with Crippen molar-refractivity contribution in [1.29, 1.82) is 0 Å². The standard InChI is InChI=1S/C32H36Cl2N6O3/c1-21(30-25(33)17-35-18-26(30)34)43-23-7-8-27-24(15-23)31(37-40(27)29-5-3-4-12-42-29)22-6-9-28(36-16-22)38-19-32(2,20-38)39-10-13-41-14-11-39/h6-9,15-18,21,29H,3-5,10-14,19-20H2,1-2H3/t21-,29?/m1/s1. The number of morpholine rings is 1. The maximum atomic E-state index is 6.41. The van der Waals surface area contributed by atoms with Gasteiger partial charge in [-0.15, -0.1) is 0 Å². The number of benzene rings is 1. The van der Waals surface area contributed by atoms with E-state index in [9.17, 15) is 0 Å². The Morgan fingerprint density at radius 3 is 2.49 bits per heavy atom. The number of pyridine rings is 2. The van der Waals surface area contributed by atoms with E-state index in [-0.39, 0.29) is 17.9 Å². The first-order chi connectivity index (χ1) is 20.9. The fourth-order valence-corrected chi connectivity index (χ4v) is 7.24. The van der Waals surface area contributed by atoms with Crippen molar-refractivity contribution in [3.63, 3.8) is 0 Å². The van der Waals surface area contributed by atoms with E-state index in [2.05, 4.69) is 39.9 Å². The Morgan fingerprint density at radius 2 is 1.79 bits per heavy atom. The second-order valence-electron chi connectivity index (χ2n) is 11.9. The zero-order valence-electron chi connectivity index (χ0n) is 24.5. The third-order valence-corrected chi connectivity index (χ3v) is 9.50. The summed E-state index contributed by atoms with van der Waals surface area (Å²) in [4.78, 5) is 13.8. The van der Waals surface area contributed by atoms with Crippen LogP contribution in [0.25, 0.3) is 22.2 Å². The summed E-state index contributed by atoms with van der Waals surface area (Å²) in [6.45, 7) is 10.5. The fourth-order valence-electron chi connectivity index (χ4n) is 6.57. The minimum Gasteiger partial charge on any atom is -0.486 e. The molecule has 3 saturated heterocycles. The van der Waals surface area contributed by atoms with E-state index >= 15 is 0 Å². The Kier molecular flexibility index (Phi) is 7.94. The van der Waals surface area contributed by atoms with Crippen LogP contribution in [0.2, 0.25) is 10.0 Å². The van der Waals surface area contributed by atoms with Gasteiger partial charge in [-0.05, 0) is 63.4 Å². The van der Waals surface area contributed by atoms with Crippen LogP contribution in [-0.4, -0.2) is 76.2 Å². The van der Waals surface area contributed by atoms with E-state index in [1.165, 1.54) is 0 Å². The molecule has 1 aromatic carbocycles. The predicted molar refractivity (Wildman–Crippen MR) is 168 cm³/mol. The first-order valence-corrected chi connectivity index (χ1v) is 15.8. The number of rotatable bonds is 7. The zero-order chi connectivity index (χ0) is 29.6. The maximum absolute atomic E-state index is 6.41. The largest absolute Gasteiger partial charge is 0.486 e. The van der Waals surface area contributed by atoms with Gasteiger partial charge >= 0.3 is 0 Å². The van der Waals surface area contributed by atoms with Crippen molar-refractivity contribution in [1.82, 2.24) is 24.6 Å². The molecule has 2 atom stereocenters. The summed E-state index contributed by atoms with van der Waals surface area (Å²) in [5, 5.41) is 7.02. The van der Waals surface area contributed by atoms with Gasteiger partial charge < -0.3 is 19.1 Å². The lowest BCUT2D eigenvalue weighted by Gasteiger charge is -2.55. The summed E-state index contributed by atoms with van der Waals surface area (Å²) in [5.74, 6) is 1.68. The molecule has 3 aliphatic rings. The van der Waals surface area contributed by atoms with Gasteiger partial charge in [0.05, 0.1) is 34.3 Å². The molecule has 0 aliphatic carbocycles. The minimum atomic E-state index is -0.374. The van der Waals surface area contributed by atoms with Gasteiger partial charge in [-0.3, -0.25) is 9.88 Å². The lowest BCUT2D eigenvalue weighted by Crippen LogP contribution is -2.70. The van der Waals surface area contributed by atoms with Gasteiger partial charge in [-0.2, -0.15) is 5.10 Å². The van der Waals surface area contributed by atoms with Crippen LogP contribution in [0, 0.1) is 0 Å². The molecule has 6 heterocycles. The van der Waals surface area contributed by atoms with E-state index in [0.29, 0.717) is 21.4 Å². The highest BCUT2D eigenvalue weighted by molar-refractivity contribution is 6.35. The molecule has 0 radical (unpaired) electrons. The lowest BCUT2D eigenvalue weighted by molar-refractivity contribution is -0.0365. The van der Waals surface area contributed by atoms with E-state index < -0.39 is 0 Å². The predicted octanol–water partition coefficient (Wildman–Crippen LogP) is 6.55. The SMILES string of the molecule is C[C@@H](Oc1ccc2c(c1)c(-c1ccc(N3CC(C)(N4CCOCC4)C3)nc1)nn2C1CCCCO1)c1c(Cl)cncc1Cl. The molecule has 0 bridgehead atoms.